The van der Waals surface area contributed by atoms with E-state index < -0.39 is 17.5 Å². The Labute approximate surface area is 160 Å². The number of hydrogen-bond donors (Lipinski definition) is 2. The van der Waals surface area contributed by atoms with Crippen LogP contribution in [-0.2, 0) is 20.8 Å². The van der Waals surface area contributed by atoms with Gasteiger partial charge >= 0.3 is 0 Å². The summed E-state index contributed by atoms with van der Waals surface area (Å²) in [5.41, 5.74) is 0.278. The Balaban J connectivity index is 1.47. The highest BCUT2D eigenvalue weighted by Gasteiger charge is 2.81. The Morgan fingerprint density at radius 3 is 2.67 bits per heavy atom. The van der Waals surface area contributed by atoms with Gasteiger partial charge in [0.2, 0.25) is 0 Å². The Bertz CT molecular complexity index is 706. The summed E-state index contributed by atoms with van der Waals surface area (Å²) < 4.78 is 18.9. The minimum atomic E-state index is -0.850. The zero-order valence-electron chi connectivity index (χ0n) is 16.2. The number of fused-ring (bicyclic) bond motifs is 2. The molecule has 5 heteroatoms. The predicted molar refractivity (Wildman–Crippen MR) is 98.6 cm³/mol. The largest absolute Gasteiger partial charge is 0.390 e. The molecule has 2 N–H and O–H groups in total. The summed E-state index contributed by atoms with van der Waals surface area (Å²) in [7, 11) is 0. The molecule has 1 heterocycles. The van der Waals surface area contributed by atoms with Crippen LogP contribution in [-0.4, -0.2) is 46.5 Å². The van der Waals surface area contributed by atoms with Crippen LogP contribution in [0.1, 0.15) is 32.8 Å². The van der Waals surface area contributed by atoms with Crippen LogP contribution in [0.5, 0.6) is 0 Å². The van der Waals surface area contributed by atoms with E-state index in [1.54, 1.807) is 0 Å². The van der Waals surface area contributed by atoms with Gasteiger partial charge in [0.15, 0.2) is 5.79 Å². The number of benzene rings is 1. The molecule has 10 atom stereocenters. The SMILES string of the molecule is CCO[C@]12C[C@@H]3[C@@H]4[C@H](OCc5ccccc5)[C@@H](C)[C@@H](O)[C@H](O1)[C@@H]4[C@H]2C3(C)O. The van der Waals surface area contributed by atoms with E-state index in [0.29, 0.717) is 19.6 Å². The van der Waals surface area contributed by atoms with Crippen LogP contribution < -0.4 is 0 Å². The maximum atomic E-state index is 11.4. The van der Waals surface area contributed by atoms with Crippen molar-refractivity contribution in [2.75, 3.05) is 6.61 Å². The predicted octanol–water partition coefficient (Wildman–Crippen LogP) is 2.35. The summed E-state index contributed by atoms with van der Waals surface area (Å²) in [6.07, 6.45) is -0.299. The molecule has 5 nitrogen and oxygen atoms in total. The third kappa shape index (κ3) is 2.29. The topological polar surface area (TPSA) is 68.2 Å². The molecule has 5 rings (SSSR count). The second kappa shape index (κ2) is 6.01. The molecule has 1 aromatic carbocycles. The first-order chi connectivity index (χ1) is 12.9. The fourth-order valence-corrected chi connectivity index (χ4v) is 6.90. The van der Waals surface area contributed by atoms with Gasteiger partial charge in [0.25, 0.3) is 0 Å². The Hall–Kier alpha value is -0.980. The summed E-state index contributed by atoms with van der Waals surface area (Å²) in [6.45, 7) is 7.00. The first-order valence-electron chi connectivity index (χ1n) is 10.3. The maximum absolute atomic E-state index is 11.4. The molecule has 1 unspecified atom stereocenters. The zero-order valence-corrected chi connectivity index (χ0v) is 16.2. The first kappa shape index (κ1) is 18.1. The van der Waals surface area contributed by atoms with Crippen LogP contribution in [0.3, 0.4) is 0 Å². The van der Waals surface area contributed by atoms with E-state index in [4.69, 9.17) is 14.2 Å². The van der Waals surface area contributed by atoms with Gasteiger partial charge in [-0.2, -0.15) is 0 Å². The highest BCUT2D eigenvalue weighted by atomic mass is 16.7. The van der Waals surface area contributed by atoms with Gasteiger partial charge in [0.1, 0.15) is 0 Å². The molecule has 4 fully saturated rings. The monoisotopic (exact) mass is 374 g/mol. The van der Waals surface area contributed by atoms with Crippen LogP contribution in [0.25, 0.3) is 0 Å². The number of aliphatic hydroxyl groups is 2. The van der Waals surface area contributed by atoms with E-state index in [2.05, 4.69) is 12.1 Å². The molecule has 0 radical (unpaired) electrons. The van der Waals surface area contributed by atoms with E-state index in [0.717, 1.165) is 5.56 Å². The van der Waals surface area contributed by atoms with Crippen LogP contribution in [0.2, 0.25) is 0 Å². The molecule has 1 saturated heterocycles. The van der Waals surface area contributed by atoms with Crippen molar-refractivity contribution in [1.29, 1.82) is 0 Å². The molecule has 3 aliphatic carbocycles. The minimum absolute atomic E-state index is 0.0486. The normalized spacial score (nSPS) is 52.5. The summed E-state index contributed by atoms with van der Waals surface area (Å²) >= 11 is 0. The first-order valence-corrected chi connectivity index (χ1v) is 10.3. The van der Waals surface area contributed by atoms with Crippen molar-refractivity contribution in [3.05, 3.63) is 35.9 Å². The van der Waals surface area contributed by atoms with Crippen LogP contribution in [0.4, 0.5) is 0 Å². The van der Waals surface area contributed by atoms with Crippen molar-refractivity contribution < 1.29 is 24.4 Å². The van der Waals surface area contributed by atoms with Gasteiger partial charge in [-0.15, -0.1) is 0 Å². The molecule has 148 valence electrons. The van der Waals surface area contributed by atoms with E-state index >= 15 is 0 Å². The smallest absolute Gasteiger partial charge is 0.175 e. The third-order valence-corrected chi connectivity index (χ3v) is 7.81. The second-order valence-corrected chi connectivity index (χ2v) is 9.11. The Kier molecular flexibility index (Phi) is 4.02. The van der Waals surface area contributed by atoms with Gasteiger partial charge < -0.3 is 24.4 Å². The quantitative estimate of drug-likeness (QED) is 0.828. The Morgan fingerprint density at radius 1 is 1.22 bits per heavy atom. The van der Waals surface area contributed by atoms with Crippen LogP contribution in [0.15, 0.2) is 30.3 Å². The van der Waals surface area contributed by atoms with Crippen molar-refractivity contribution in [2.45, 2.75) is 63.5 Å². The summed E-state index contributed by atoms with van der Waals surface area (Å²) in [5, 5.41) is 22.4. The third-order valence-electron chi connectivity index (χ3n) is 7.81. The molecule has 0 amide bonds. The lowest BCUT2D eigenvalue weighted by molar-refractivity contribution is -0.254. The van der Waals surface area contributed by atoms with Crippen LogP contribution in [0, 0.1) is 29.6 Å². The van der Waals surface area contributed by atoms with Crippen molar-refractivity contribution in [2.24, 2.45) is 29.6 Å². The molecule has 1 aliphatic heterocycles. The summed E-state index contributed by atoms with van der Waals surface area (Å²) in [5.74, 6) is -0.559. The molecule has 0 spiro atoms. The average molecular weight is 374 g/mol. The Morgan fingerprint density at radius 2 is 1.96 bits per heavy atom. The number of hydrogen-bond acceptors (Lipinski definition) is 5. The van der Waals surface area contributed by atoms with Gasteiger partial charge in [0, 0.05) is 30.8 Å². The molecular weight excluding hydrogens is 344 g/mol. The van der Waals surface area contributed by atoms with Gasteiger partial charge in [-0.1, -0.05) is 37.3 Å². The lowest BCUT2D eigenvalue weighted by atomic mass is 9.64. The van der Waals surface area contributed by atoms with Crippen molar-refractivity contribution in [3.8, 4) is 0 Å². The summed E-state index contributed by atoms with van der Waals surface area (Å²) in [6, 6.07) is 10.1. The van der Waals surface area contributed by atoms with Gasteiger partial charge in [0.05, 0.1) is 30.5 Å². The molecule has 0 aromatic heterocycles. The van der Waals surface area contributed by atoms with Crippen LogP contribution >= 0.6 is 0 Å². The molecule has 2 bridgehead atoms. The average Bonchev–Trinajstić information content (AvgIpc) is 3.14. The zero-order chi connectivity index (χ0) is 19.0. The van der Waals surface area contributed by atoms with E-state index in [9.17, 15) is 10.2 Å². The fraction of sp³-hybridized carbons (Fsp3) is 0.727. The maximum Gasteiger partial charge on any atom is 0.175 e. The molecule has 27 heavy (non-hydrogen) atoms. The minimum Gasteiger partial charge on any atom is -0.390 e. The lowest BCUT2D eigenvalue weighted by Gasteiger charge is -2.45. The molecule has 4 aliphatic rings. The molecule has 1 aromatic rings. The summed E-state index contributed by atoms with van der Waals surface area (Å²) in [4.78, 5) is 0. The van der Waals surface area contributed by atoms with Crippen molar-refractivity contribution in [3.63, 3.8) is 0 Å². The highest BCUT2D eigenvalue weighted by molar-refractivity contribution is 5.26. The highest BCUT2D eigenvalue weighted by Crippen LogP contribution is 2.72. The molecule has 3 saturated carbocycles. The van der Waals surface area contributed by atoms with Gasteiger partial charge in [-0.25, -0.2) is 0 Å². The van der Waals surface area contributed by atoms with E-state index in [1.165, 1.54) is 0 Å². The van der Waals surface area contributed by atoms with Crippen molar-refractivity contribution >= 4 is 0 Å². The standard InChI is InChI=1S/C22H30O5/c1-4-26-22-10-14-15-16(20(22)21(14,3)24)19(27-22)17(23)12(2)18(15)25-11-13-8-6-5-7-9-13/h5-9,12,14-20,23-24H,4,10-11H2,1-3H3/t12-,14+,15-,16+,17+,18+,19+,20-,21?,22+/m0/s1. The molecular formula is C22H30O5. The fourth-order valence-electron chi connectivity index (χ4n) is 6.90. The van der Waals surface area contributed by atoms with Gasteiger partial charge in [-0.05, 0) is 31.2 Å². The second-order valence-electron chi connectivity index (χ2n) is 9.11. The van der Waals surface area contributed by atoms with Gasteiger partial charge in [-0.3, -0.25) is 0 Å². The van der Waals surface area contributed by atoms with Crippen molar-refractivity contribution in [1.82, 2.24) is 0 Å². The lowest BCUT2D eigenvalue weighted by Crippen LogP contribution is -2.54. The van der Waals surface area contributed by atoms with E-state index in [1.807, 2.05) is 39.0 Å². The number of ether oxygens (including phenoxy) is 3. The number of aliphatic hydroxyl groups excluding tert-OH is 1. The van der Waals surface area contributed by atoms with E-state index in [-0.39, 0.29) is 41.8 Å². The number of rotatable bonds is 5.